The third-order valence-corrected chi connectivity index (χ3v) is 3.84. The lowest BCUT2D eigenvalue weighted by atomic mass is 10.1. The fourth-order valence-corrected chi connectivity index (χ4v) is 2.49. The van der Waals surface area contributed by atoms with Crippen molar-refractivity contribution >= 4 is 23.2 Å². The highest BCUT2D eigenvalue weighted by molar-refractivity contribution is 6.44. The number of benzene rings is 1. The molecule has 1 N–H and O–H groups in total. The van der Waals surface area contributed by atoms with Gasteiger partial charge in [-0.2, -0.15) is 0 Å². The first kappa shape index (κ1) is 19.5. The molecule has 26 heavy (non-hydrogen) atoms. The lowest BCUT2D eigenvalue weighted by Gasteiger charge is -2.06. The van der Waals surface area contributed by atoms with Gasteiger partial charge in [-0.3, -0.25) is 4.79 Å². The van der Waals surface area contributed by atoms with Gasteiger partial charge in [0.15, 0.2) is 5.71 Å². The van der Waals surface area contributed by atoms with Gasteiger partial charge in [0, 0.05) is 19.3 Å². The number of ether oxygens (including phenoxy) is 1. The van der Waals surface area contributed by atoms with Crippen molar-refractivity contribution in [2.75, 3.05) is 20.8 Å². The lowest BCUT2D eigenvalue weighted by molar-refractivity contribution is -0.114. The van der Waals surface area contributed by atoms with E-state index < -0.39 is 0 Å². The minimum Gasteiger partial charge on any atom is -0.472 e. The zero-order valence-electron chi connectivity index (χ0n) is 15.1. The van der Waals surface area contributed by atoms with E-state index in [0.717, 1.165) is 11.3 Å². The Kier molecular flexibility index (Phi) is 6.80. The summed E-state index contributed by atoms with van der Waals surface area (Å²) >= 11 is 6.25. The van der Waals surface area contributed by atoms with Crippen LogP contribution in [-0.2, 0) is 9.63 Å². The van der Waals surface area contributed by atoms with Crippen LogP contribution in [0, 0.1) is 6.92 Å². The van der Waals surface area contributed by atoms with Gasteiger partial charge in [0.2, 0.25) is 5.88 Å². The van der Waals surface area contributed by atoms with Crippen molar-refractivity contribution in [3.63, 3.8) is 0 Å². The van der Waals surface area contributed by atoms with Crippen LogP contribution in [0.4, 0.5) is 0 Å². The molecule has 0 bridgehead atoms. The number of oxime groups is 1. The van der Waals surface area contributed by atoms with Crippen LogP contribution >= 0.6 is 11.6 Å². The first-order valence-electron chi connectivity index (χ1n) is 7.91. The Morgan fingerprint density at radius 1 is 1.42 bits per heavy atom. The SMILES string of the molecule is CNC(=O)C(=NOC)C(C)=CCOc1ccn(-c2ccc(C)cc2Cl)n1. The molecule has 0 aliphatic carbocycles. The summed E-state index contributed by atoms with van der Waals surface area (Å²) in [6, 6.07) is 7.48. The van der Waals surface area contributed by atoms with E-state index in [9.17, 15) is 4.79 Å². The van der Waals surface area contributed by atoms with Crippen molar-refractivity contribution in [2.45, 2.75) is 13.8 Å². The van der Waals surface area contributed by atoms with Crippen molar-refractivity contribution in [3.05, 3.63) is 52.7 Å². The van der Waals surface area contributed by atoms with E-state index in [1.807, 2.05) is 25.1 Å². The van der Waals surface area contributed by atoms with E-state index in [1.165, 1.54) is 14.2 Å². The van der Waals surface area contributed by atoms with Gasteiger partial charge in [0.05, 0.1) is 10.7 Å². The Bertz CT molecular complexity index is 843. The van der Waals surface area contributed by atoms with Gasteiger partial charge >= 0.3 is 0 Å². The molecule has 2 rings (SSSR count). The molecule has 1 heterocycles. The van der Waals surface area contributed by atoms with Crippen LogP contribution in [0.2, 0.25) is 5.02 Å². The zero-order chi connectivity index (χ0) is 19.1. The second-order valence-electron chi connectivity index (χ2n) is 5.45. The number of aryl methyl sites for hydroxylation is 1. The highest BCUT2D eigenvalue weighted by Crippen LogP contribution is 2.22. The zero-order valence-corrected chi connectivity index (χ0v) is 15.9. The van der Waals surface area contributed by atoms with E-state index in [2.05, 4.69) is 15.6 Å². The average Bonchev–Trinajstić information content (AvgIpc) is 3.07. The van der Waals surface area contributed by atoms with Crippen LogP contribution in [0.3, 0.4) is 0 Å². The van der Waals surface area contributed by atoms with Gasteiger partial charge in [0.25, 0.3) is 5.91 Å². The summed E-state index contributed by atoms with van der Waals surface area (Å²) in [6.45, 7) is 3.95. The number of rotatable bonds is 7. The van der Waals surface area contributed by atoms with Crippen molar-refractivity contribution in [2.24, 2.45) is 5.16 Å². The van der Waals surface area contributed by atoms with E-state index in [4.69, 9.17) is 21.2 Å². The molecule has 1 aromatic carbocycles. The molecule has 0 fully saturated rings. The lowest BCUT2D eigenvalue weighted by Crippen LogP contribution is -2.28. The number of nitrogens with zero attached hydrogens (tertiary/aromatic N) is 3. The summed E-state index contributed by atoms with van der Waals surface area (Å²) < 4.78 is 7.25. The van der Waals surface area contributed by atoms with Crippen molar-refractivity contribution < 1.29 is 14.4 Å². The fourth-order valence-electron chi connectivity index (χ4n) is 2.17. The Balaban J connectivity index is 2.05. The molecule has 0 aliphatic heterocycles. The number of hydrogen-bond donors (Lipinski definition) is 1. The van der Waals surface area contributed by atoms with Gasteiger partial charge in [-0.05, 0) is 43.2 Å². The topological polar surface area (TPSA) is 77.7 Å². The predicted molar refractivity (Wildman–Crippen MR) is 101 cm³/mol. The molecule has 138 valence electrons. The Labute approximate surface area is 157 Å². The van der Waals surface area contributed by atoms with Crippen LogP contribution in [0.5, 0.6) is 5.88 Å². The van der Waals surface area contributed by atoms with Gasteiger partial charge in [-0.15, -0.1) is 5.10 Å². The smallest absolute Gasteiger partial charge is 0.273 e. The molecule has 0 radical (unpaired) electrons. The van der Waals surface area contributed by atoms with E-state index >= 15 is 0 Å². The molecule has 7 nitrogen and oxygen atoms in total. The summed E-state index contributed by atoms with van der Waals surface area (Å²) in [5.74, 6) is 0.106. The quantitative estimate of drug-likeness (QED) is 0.595. The minimum atomic E-state index is -0.334. The molecule has 0 saturated heterocycles. The van der Waals surface area contributed by atoms with Gasteiger partial charge in [-0.1, -0.05) is 22.8 Å². The Morgan fingerprint density at radius 3 is 2.85 bits per heavy atom. The number of hydrogen-bond acceptors (Lipinski definition) is 5. The summed E-state index contributed by atoms with van der Waals surface area (Å²) in [4.78, 5) is 16.5. The van der Waals surface area contributed by atoms with Crippen molar-refractivity contribution in [1.82, 2.24) is 15.1 Å². The maximum Gasteiger partial charge on any atom is 0.273 e. The standard InChI is InChI=1S/C18H21ClN4O3/c1-12-5-6-15(14(19)11-12)23-9-7-16(21-23)26-10-8-13(2)17(22-25-4)18(24)20-3/h5-9,11H,10H2,1-4H3,(H,20,24). The van der Waals surface area contributed by atoms with Crippen LogP contribution in [0.15, 0.2) is 47.3 Å². The predicted octanol–water partition coefficient (Wildman–Crippen LogP) is 2.91. The molecule has 0 saturated carbocycles. The third-order valence-electron chi connectivity index (χ3n) is 3.53. The number of nitrogens with one attached hydrogen (secondary N) is 1. The van der Waals surface area contributed by atoms with Crippen LogP contribution in [-0.4, -0.2) is 42.2 Å². The van der Waals surface area contributed by atoms with Crippen molar-refractivity contribution in [3.8, 4) is 11.6 Å². The largest absolute Gasteiger partial charge is 0.472 e. The average molecular weight is 377 g/mol. The molecule has 2 aromatic rings. The summed E-state index contributed by atoms with van der Waals surface area (Å²) in [5.41, 5.74) is 2.67. The molecule has 0 atom stereocenters. The minimum absolute atomic E-state index is 0.190. The molecule has 1 aromatic heterocycles. The summed E-state index contributed by atoms with van der Waals surface area (Å²) in [7, 11) is 2.91. The fraction of sp³-hybridized carbons (Fsp3) is 0.278. The number of aromatic nitrogens is 2. The van der Waals surface area contributed by atoms with Gasteiger partial charge < -0.3 is 14.9 Å². The molecule has 0 unspecified atom stereocenters. The maximum absolute atomic E-state index is 11.8. The molecule has 8 heteroatoms. The van der Waals surface area contributed by atoms with Crippen LogP contribution in [0.1, 0.15) is 12.5 Å². The number of carbonyl (C=O) groups excluding carboxylic acids is 1. The first-order valence-corrected chi connectivity index (χ1v) is 8.29. The number of halogens is 1. The molecule has 1 amide bonds. The third kappa shape index (κ3) is 4.86. The van der Waals surface area contributed by atoms with Gasteiger partial charge in [-0.25, -0.2) is 4.68 Å². The van der Waals surface area contributed by atoms with Crippen LogP contribution < -0.4 is 10.1 Å². The van der Waals surface area contributed by atoms with E-state index in [-0.39, 0.29) is 18.2 Å². The molecule has 0 aliphatic rings. The van der Waals surface area contributed by atoms with E-state index in [1.54, 1.807) is 29.9 Å². The second-order valence-corrected chi connectivity index (χ2v) is 5.86. The molecular formula is C18H21ClN4O3. The summed E-state index contributed by atoms with van der Waals surface area (Å²) in [6.07, 6.45) is 3.50. The highest BCUT2D eigenvalue weighted by atomic mass is 35.5. The number of carbonyl (C=O) groups is 1. The summed E-state index contributed by atoms with van der Waals surface area (Å²) in [5, 5.41) is 11.2. The highest BCUT2D eigenvalue weighted by Gasteiger charge is 2.12. The second kappa shape index (κ2) is 9.05. The monoisotopic (exact) mass is 376 g/mol. The number of amides is 1. The molecular weight excluding hydrogens is 356 g/mol. The maximum atomic E-state index is 11.8. The first-order chi connectivity index (χ1) is 12.5. The van der Waals surface area contributed by atoms with Gasteiger partial charge in [0.1, 0.15) is 13.7 Å². The Morgan fingerprint density at radius 2 is 2.19 bits per heavy atom. The van der Waals surface area contributed by atoms with Crippen molar-refractivity contribution in [1.29, 1.82) is 0 Å². The normalized spacial score (nSPS) is 12.0. The van der Waals surface area contributed by atoms with E-state index in [0.29, 0.717) is 16.5 Å². The molecule has 0 spiro atoms. The van der Waals surface area contributed by atoms with Crippen LogP contribution in [0.25, 0.3) is 5.69 Å². The Hall–Kier alpha value is -2.80.